The molecular formula is C13H23N3O3. The summed E-state index contributed by atoms with van der Waals surface area (Å²) in [6.45, 7) is 5.19. The van der Waals surface area contributed by atoms with Crippen molar-refractivity contribution in [2.75, 3.05) is 33.2 Å². The first kappa shape index (κ1) is 14.1. The summed E-state index contributed by atoms with van der Waals surface area (Å²) in [5, 5.41) is 8.67. The third-order valence-corrected chi connectivity index (χ3v) is 4.17. The predicted octanol–water partition coefficient (Wildman–Crippen LogP) is 0.681. The van der Waals surface area contributed by atoms with Crippen molar-refractivity contribution >= 4 is 12.0 Å². The molecule has 2 unspecified atom stereocenters. The number of carbonyl (C=O) groups excluding carboxylic acids is 1. The summed E-state index contributed by atoms with van der Waals surface area (Å²) in [7, 11) is 1.68. The van der Waals surface area contributed by atoms with E-state index in [-0.39, 0.29) is 25.0 Å². The van der Waals surface area contributed by atoms with Gasteiger partial charge < -0.3 is 14.9 Å². The second-order valence-electron chi connectivity index (χ2n) is 5.64. The maximum absolute atomic E-state index is 12.3. The molecule has 0 bridgehead atoms. The van der Waals surface area contributed by atoms with Crippen LogP contribution in [0.2, 0.25) is 0 Å². The van der Waals surface area contributed by atoms with Crippen LogP contribution in [0.4, 0.5) is 4.79 Å². The number of fused-ring (bicyclic) bond motifs is 1. The lowest BCUT2D eigenvalue weighted by Gasteiger charge is -2.43. The van der Waals surface area contributed by atoms with Crippen molar-refractivity contribution in [3.8, 4) is 0 Å². The van der Waals surface area contributed by atoms with Crippen molar-refractivity contribution < 1.29 is 14.7 Å². The fraction of sp³-hybridized carbons (Fsp3) is 0.846. The number of rotatable bonds is 3. The Labute approximate surface area is 114 Å². The highest BCUT2D eigenvalue weighted by Crippen LogP contribution is 2.25. The van der Waals surface area contributed by atoms with Gasteiger partial charge in [-0.15, -0.1) is 0 Å². The number of carboxylic acids is 1. The van der Waals surface area contributed by atoms with Gasteiger partial charge in [0, 0.05) is 38.8 Å². The lowest BCUT2D eigenvalue weighted by atomic mass is 10.1. The van der Waals surface area contributed by atoms with Gasteiger partial charge in [0.2, 0.25) is 0 Å². The molecule has 108 valence electrons. The van der Waals surface area contributed by atoms with Crippen molar-refractivity contribution in [1.29, 1.82) is 0 Å². The number of hydrogen-bond donors (Lipinski definition) is 1. The highest BCUT2D eigenvalue weighted by molar-refractivity contribution is 5.75. The van der Waals surface area contributed by atoms with Crippen LogP contribution in [0.3, 0.4) is 0 Å². The van der Waals surface area contributed by atoms with Gasteiger partial charge >= 0.3 is 12.0 Å². The number of hydrogen-bond acceptors (Lipinski definition) is 3. The van der Waals surface area contributed by atoms with E-state index in [1.165, 1.54) is 11.3 Å². The lowest BCUT2D eigenvalue weighted by Crippen LogP contribution is -2.59. The van der Waals surface area contributed by atoms with Crippen LogP contribution in [0.25, 0.3) is 0 Å². The second-order valence-corrected chi connectivity index (χ2v) is 5.64. The summed E-state index contributed by atoms with van der Waals surface area (Å²) in [5.74, 6) is -0.867. The minimum absolute atomic E-state index is 0.0000144. The van der Waals surface area contributed by atoms with Crippen molar-refractivity contribution in [2.24, 2.45) is 0 Å². The zero-order valence-corrected chi connectivity index (χ0v) is 11.7. The van der Waals surface area contributed by atoms with Gasteiger partial charge in [-0.2, -0.15) is 0 Å². The molecule has 0 spiro atoms. The van der Waals surface area contributed by atoms with E-state index in [9.17, 15) is 9.59 Å². The van der Waals surface area contributed by atoms with Gasteiger partial charge in [-0.1, -0.05) is 0 Å². The number of aliphatic carboxylic acids is 1. The Balaban J connectivity index is 1.92. The van der Waals surface area contributed by atoms with Gasteiger partial charge in [0.15, 0.2) is 0 Å². The minimum atomic E-state index is -0.867. The summed E-state index contributed by atoms with van der Waals surface area (Å²) >= 11 is 0. The van der Waals surface area contributed by atoms with Gasteiger partial charge in [0.05, 0.1) is 6.42 Å². The molecule has 2 heterocycles. The van der Waals surface area contributed by atoms with E-state index in [0.29, 0.717) is 6.04 Å². The van der Waals surface area contributed by atoms with E-state index in [4.69, 9.17) is 5.11 Å². The minimum Gasteiger partial charge on any atom is -0.481 e. The molecule has 2 fully saturated rings. The van der Waals surface area contributed by atoms with Gasteiger partial charge in [0.25, 0.3) is 0 Å². The summed E-state index contributed by atoms with van der Waals surface area (Å²) in [6, 6.07) is 0.655. The van der Waals surface area contributed by atoms with Gasteiger partial charge in [-0.3, -0.25) is 9.69 Å². The Hall–Kier alpha value is -1.30. The first-order valence-electron chi connectivity index (χ1n) is 6.96. The standard InChI is InChI=1S/C13H23N3O3/c1-10-8-15-6-3-4-11(15)9-16(10)13(19)14(2)7-5-12(17)18/h10-11H,3-9H2,1-2H3,(H,17,18). The van der Waals surface area contributed by atoms with Crippen molar-refractivity contribution in [2.45, 2.75) is 38.3 Å². The average molecular weight is 269 g/mol. The van der Waals surface area contributed by atoms with E-state index in [1.54, 1.807) is 7.05 Å². The Kier molecular flexibility index (Phi) is 4.29. The van der Waals surface area contributed by atoms with Crippen LogP contribution >= 0.6 is 0 Å². The predicted molar refractivity (Wildman–Crippen MR) is 71.0 cm³/mol. The Morgan fingerprint density at radius 3 is 2.79 bits per heavy atom. The molecule has 2 atom stereocenters. The fourth-order valence-electron chi connectivity index (χ4n) is 3.03. The van der Waals surface area contributed by atoms with E-state index in [0.717, 1.165) is 26.1 Å². The van der Waals surface area contributed by atoms with Crippen LogP contribution in [0.1, 0.15) is 26.2 Å². The molecule has 19 heavy (non-hydrogen) atoms. The summed E-state index contributed by atoms with van der Waals surface area (Å²) < 4.78 is 0. The average Bonchev–Trinajstić information content (AvgIpc) is 2.80. The van der Waals surface area contributed by atoms with Gasteiger partial charge in [0.1, 0.15) is 0 Å². The fourth-order valence-corrected chi connectivity index (χ4v) is 3.03. The molecule has 2 amide bonds. The SMILES string of the molecule is CC1CN2CCCC2CN1C(=O)N(C)CCC(=O)O. The number of amides is 2. The molecule has 1 N–H and O–H groups in total. The Morgan fingerprint density at radius 2 is 2.11 bits per heavy atom. The van der Waals surface area contributed by atoms with E-state index < -0.39 is 5.97 Å². The molecule has 6 nitrogen and oxygen atoms in total. The molecule has 6 heteroatoms. The summed E-state index contributed by atoms with van der Waals surface area (Å²) in [6.07, 6.45) is 2.38. The van der Waals surface area contributed by atoms with Crippen LogP contribution in [0.5, 0.6) is 0 Å². The van der Waals surface area contributed by atoms with Crippen LogP contribution in [0, 0.1) is 0 Å². The quantitative estimate of drug-likeness (QED) is 0.818. The maximum atomic E-state index is 12.3. The molecule has 0 aromatic rings. The van der Waals surface area contributed by atoms with Gasteiger partial charge in [-0.05, 0) is 26.3 Å². The van der Waals surface area contributed by atoms with Crippen molar-refractivity contribution in [3.63, 3.8) is 0 Å². The Bertz CT molecular complexity index is 361. The van der Waals surface area contributed by atoms with Crippen LogP contribution < -0.4 is 0 Å². The van der Waals surface area contributed by atoms with Gasteiger partial charge in [-0.25, -0.2) is 4.79 Å². The summed E-state index contributed by atoms with van der Waals surface area (Å²) in [5.41, 5.74) is 0. The smallest absolute Gasteiger partial charge is 0.320 e. The van der Waals surface area contributed by atoms with E-state index >= 15 is 0 Å². The third kappa shape index (κ3) is 3.18. The molecule has 2 aliphatic heterocycles. The molecule has 0 radical (unpaired) electrons. The number of carbonyl (C=O) groups is 2. The molecule has 0 aromatic heterocycles. The molecule has 0 aliphatic carbocycles. The number of urea groups is 1. The molecular weight excluding hydrogens is 246 g/mol. The Morgan fingerprint density at radius 1 is 1.37 bits per heavy atom. The summed E-state index contributed by atoms with van der Waals surface area (Å²) in [4.78, 5) is 28.8. The second kappa shape index (κ2) is 5.77. The topological polar surface area (TPSA) is 64.1 Å². The largest absolute Gasteiger partial charge is 0.481 e. The van der Waals surface area contributed by atoms with Crippen LogP contribution in [-0.2, 0) is 4.79 Å². The van der Waals surface area contributed by atoms with Crippen molar-refractivity contribution in [1.82, 2.24) is 14.7 Å². The first-order chi connectivity index (χ1) is 8.99. The molecule has 2 rings (SSSR count). The molecule has 2 aliphatic rings. The maximum Gasteiger partial charge on any atom is 0.320 e. The molecule has 2 saturated heterocycles. The zero-order chi connectivity index (χ0) is 14.0. The van der Waals surface area contributed by atoms with E-state index in [1.807, 2.05) is 4.90 Å². The van der Waals surface area contributed by atoms with Crippen LogP contribution in [-0.4, -0.2) is 77.1 Å². The normalized spacial score (nSPS) is 27.2. The molecule has 0 saturated carbocycles. The number of carboxylic acid groups (broad SMARTS) is 1. The first-order valence-corrected chi connectivity index (χ1v) is 6.96. The molecule has 0 aromatic carbocycles. The van der Waals surface area contributed by atoms with E-state index in [2.05, 4.69) is 11.8 Å². The highest BCUT2D eigenvalue weighted by Gasteiger charge is 2.37. The lowest BCUT2D eigenvalue weighted by molar-refractivity contribution is -0.137. The highest BCUT2D eigenvalue weighted by atomic mass is 16.4. The third-order valence-electron chi connectivity index (χ3n) is 4.17. The number of piperazine rings is 1. The van der Waals surface area contributed by atoms with Crippen molar-refractivity contribution in [3.05, 3.63) is 0 Å². The zero-order valence-electron chi connectivity index (χ0n) is 11.7. The number of nitrogens with zero attached hydrogens (tertiary/aromatic N) is 3. The monoisotopic (exact) mass is 269 g/mol. The van der Waals surface area contributed by atoms with Crippen LogP contribution in [0.15, 0.2) is 0 Å².